The summed E-state index contributed by atoms with van der Waals surface area (Å²) in [6, 6.07) is 5.64. The summed E-state index contributed by atoms with van der Waals surface area (Å²) in [5, 5.41) is 12.9. The summed E-state index contributed by atoms with van der Waals surface area (Å²) < 4.78 is 32.7. The minimum absolute atomic E-state index is 0.0133. The maximum Gasteiger partial charge on any atom is 0.281 e. The van der Waals surface area contributed by atoms with E-state index in [0.29, 0.717) is 17.7 Å². The van der Waals surface area contributed by atoms with Gasteiger partial charge in [-0.25, -0.2) is 0 Å². The molecular formula is C18H22N6O4S. The number of nitrogens with zero attached hydrogens (tertiary/aromatic N) is 6. The van der Waals surface area contributed by atoms with Crippen LogP contribution in [0.4, 0.5) is 0 Å². The molecule has 0 aliphatic carbocycles. The minimum Gasteiger partial charge on any atom is -0.360 e. The fraction of sp³-hybridized carbons (Fsp3) is 0.444. The average Bonchev–Trinajstić information content (AvgIpc) is 3.14. The van der Waals surface area contributed by atoms with Gasteiger partial charge in [-0.1, -0.05) is 11.2 Å². The lowest BCUT2D eigenvalue weighted by atomic mass is 10.1. The Hall–Kier alpha value is -2.81. The molecule has 10 nitrogen and oxygen atoms in total. The summed E-state index contributed by atoms with van der Waals surface area (Å²) in [4.78, 5) is 18.7. The molecule has 1 aliphatic heterocycles. The highest BCUT2D eigenvalue weighted by atomic mass is 32.2. The Bertz CT molecular complexity index is 1010. The molecule has 0 spiro atoms. The zero-order valence-corrected chi connectivity index (χ0v) is 17.1. The zero-order valence-electron chi connectivity index (χ0n) is 16.3. The number of rotatable bonds is 7. The van der Waals surface area contributed by atoms with Crippen LogP contribution < -0.4 is 0 Å². The van der Waals surface area contributed by atoms with Crippen LogP contribution in [-0.4, -0.2) is 65.2 Å². The van der Waals surface area contributed by atoms with Gasteiger partial charge >= 0.3 is 0 Å². The fourth-order valence-corrected chi connectivity index (χ4v) is 4.16. The number of carbonyl (C=O) groups excluding carboxylic acids is 1. The first-order valence-corrected chi connectivity index (χ1v) is 10.4. The highest BCUT2D eigenvalue weighted by Gasteiger charge is 2.35. The molecule has 0 atom stereocenters. The molecule has 3 heterocycles. The van der Waals surface area contributed by atoms with Gasteiger partial charge in [-0.2, -0.15) is 22.3 Å². The second-order valence-electron chi connectivity index (χ2n) is 6.80. The summed E-state index contributed by atoms with van der Waals surface area (Å²) >= 11 is 0. The van der Waals surface area contributed by atoms with E-state index in [2.05, 4.69) is 10.1 Å². The molecule has 0 N–H and O–H groups in total. The van der Waals surface area contributed by atoms with Crippen molar-refractivity contribution in [3.8, 4) is 6.07 Å². The van der Waals surface area contributed by atoms with E-state index in [-0.39, 0.29) is 38.3 Å². The molecule has 154 valence electrons. The number of hydrogen-bond acceptors (Lipinski definition) is 7. The van der Waals surface area contributed by atoms with Gasteiger partial charge in [-0.05, 0) is 11.6 Å². The number of amides is 1. The molecule has 0 bridgehead atoms. The number of nitriles is 1. The van der Waals surface area contributed by atoms with E-state index < -0.39 is 16.1 Å². The van der Waals surface area contributed by atoms with Crippen molar-refractivity contribution in [1.29, 1.82) is 5.26 Å². The first kappa shape index (κ1) is 20.9. The molecule has 0 unspecified atom stereocenters. The molecule has 0 radical (unpaired) electrons. The van der Waals surface area contributed by atoms with Crippen molar-refractivity contribution >= 4 is 16.1 Å². The summed E-state index contributed by atoms with van der Waals surface area (Å²) in [7, 11) is -0.704. The monoisotopic (exact) mass is 418 g/mol. The molecule has 2 aromatic heterocycles. The zero-order chi connectivity index (χ0) is 21.0. The van der Waals surface area contributed by atoms with Gasteiger partial charge in [0.2, 0.25) is 0 Å². The maximum absolute atomic E-state index is 13.2. The van der Waals surface area contributed by atoms with E-state index in [1.54, 1.807) is 18.5 Å². The van der Waals surface area contributed by atoms with Gasteiger partial charge < -0.3 is 9.42 Å². The van der Waals surface area contributed by atoms with Crippen LogP contribution in [0, 0.1) is 11.3 Å². The maximum atomic E-state index is 13.2. The van der Waals surface area contributed by atoms with E-state index in [4.69, 9.17) is 9.78 Å². The lowest BCUT2D eigenvalue weighted by Gasteiger charge is -2.28. The largest absolute Gasteiger partial charge is 0.360 e. The molecule has 2 aromatic rings. The summed E-state index contributed by atoms with van der Waals surface area (Å²) in [5.41, 5.74) is 1.37. The molecule has 1 aliphatic rings. The predicted octanol–water partition coefficient (Wildman–Crippen LogP) is 0.790. The van der Waals surface area contributed by atoms with Crippen molar-refractivity contribution in [2.24, 2.45) is 0 Å². The minimum atomic E-state index is -3.62. The number of hydrogen-bond donors (Lipinski definition) is 0. The Labute approximate surface area is 169 Å². The molecule has 11 heteroatoms. The normalized spacial score (nSPS) is 14.4. The van der Waals surface area contributed by atoms with Gasteiger partial charge in [0, 0.05) is 64.7 Å². The average molecular weight is 418 g/mol. The van der Waals surface area contributed by atoms with E-state index in [1.807, 2.05) is 12.1 Å². The van der Waals surface area contributed by atoms with E-state index >= 15 is 0 Å². The third-order valence-corrected chi connectivity index (χ3v) is 6.55. The second kappa shape index (κ2) is 8.69. The Kier molecular flexibility index (Phi) is 6.26. The van der Waals surface area contributed by atoms with E-state index in [0.717, 1.165) is 9.87 Å². The van der Waals surface area contributed by atoms with Gasteiger partial charge in [0.1, 0.15) is 5.76 Å². The number of fused-ring (bicyclic) bond motifs is 1. The van der Waals surface area contributed by atoms with Crippen molar-refractivity contribution in [3.05, 3.63) is 47.1 Å². The number of aromatic nitrogens is 2. The highest BCUT2D eigenvalue weighted by Crippen LogP contribution is 2.26. The number of pyridine rings is 1. The van der Waals surface area contributed by atoms with Crippen LogP contribution in [0.25, 0.3) is 0 Å². The molecule has 29 heavy (non-hydrogen) atoms. The lowest BCUT2D eigenvalue weighted by Crippen LogP contribution is -2.43. The van der Waals surface area contributed by atoms with Gasteiger partial charge in [0.15, 0.2) is 5.69 Å². The van der Waals surface area contributed by atoms with Crippen molar-refractivity contribution in [2.75, 3.05) is 27.2 Å². The fourth-order valence-electron chi connectivity index (χ4n) is 3.08. The lowest BCUT2D eigenvalue weighted by molar-refractivity contribution is 0.0734. The molecule has 0 saturated heterocycles. The summed E-state index contributed by atoms with van der Waals surface area (Å²) in [5.74, 6) is 0.110. The Morgan fingerprint density at radius 1 is 1.41 bits per heavy atom. The quantitative estimate of drug-likeness (QED) is 0.651. The van der Waals surface area contributed by atoms with E-state index in [1.165, 1.54) is 23.3 Å². The Morgan fingerprint density at radius 3 is 2.86 bits per heavy atom. The topological polar surface area (TPSA) is 124 Å². The first-order valence-electron chi connectivity index (χ1n) is 9.04. The summed E-state index contributed by atoms with van der Waals surface area (Å²) in [6.45, 7) is 0.741. The van der Waals surface area contributed by atoms with Crippen LogP contribution >= 0.6 is 0 Å². The van der Waals surface area contributed by atoms with Crippen molar-refractivity contribution < 1.29 is 17.7 Å². The van der Waals surface area contributed by atoms with Crippen LogP contribution in [0.1, 0.15) is 33.8 Å². The van der Waals surface area contributed by atoms with Crippen molar-refractivity contribution in [1.82, 2.24) is 23.7 Å². The Balaban J connectivity index is 1.87. The van der Waals surface area contributed by atoms with Crippen LogP contribution in [0.3, 0.4) is 0 Å². The predicted molar refractivity (Wildman–Crippen MR) is 102 cm³/mol. The second-order valence-corrected chi connectivity index (χ2v) is 8.95. The Morgan fingerprint density at radius 2 is 2.21 bits per heavy atom. The number of carbonyl (C=O) groups is 1. The molecule has 0 fully saturated rings. The molecule has 3 rings (SSSR count). The van der Waals surface area contributed by atoms with Gasteiger partial charge in [-0.15, -0.1) is 0 Å². The first-order chi connectivity index (χ1) is 13.8. The van der Waals surface area contributed by atoms with Crippen LogP contribution in [0.2, 0.25) is 0 Å². The van der Waals surface area contributed by atoms with Crippen LogP contribution in [0.5, 0.6) is 0 Å². The van der Waals surface area contributed by atoms with Crippen molar-refractivity contribution in [3.63, 3.8) is 0 Å². The van der Waals surface area contributed by atoms with Gasteiger partial charge in [-0.3, -0.25) is 9.78 Å². The van der Waals surface area contributed by atoms with Gasteiger partial charge in [0.25, 0.3) is 16.1 Å². The standard InChI is InChI=1S/C18H22N6O4S/c1-22(2)29(26,27)24-10-6-16-15(13-24)17(21-28-16)18(25)23(9-4-7-19)12-14-5-3-8-20-11-14/h3,5,8,11H,4,6,9-10,12-13H2,1-2H3. The van der Waals surface area contributed by atoms with Crippen LogP contribution in [-0.2, 0) is 29.7 Å². The molecular weight excluding hydrogens is 396 g/mol. The molecule has 1 amide bonds. The van der Waals surface area contributed by atoms with E-state index in [9.17, 15) is 13.2 Å². The molecule has 0 saturated carbocycles. The summed E-state index contributed by atoms with van der Waals surface area (Å²) in [6.07, 6.45) is 3.78. The molecule has 0 aromatic carbocycles. The third kappa shape index (κ3) is 4.45. The highest BCUT2D eigenvalue weighted by molar-refractivity contribution is 7.86. The van der Waals surface area contributed by atoms with Crippen molar-refractivity contribution in [2.45, 2.75) is 25.9 Å². The smallest absolute Gasteiger partial charge is 0.281 e. The van der Waals surface area contributed by atoms with Crippen LogP contribution in [0.15, 0.2) is 29.0 Å². The SMILES string of the molecule is CN(C)S(=O)(=O)N1CCc2onc(C(=O)N(CCC#N)Cc3cccnc3)c2C1. The van der Waals surface area contributed by atoms with Gasteiger partial charge in [0.05, 0.1) is 12.5 Å². The third-order valence-electron chi connectivity index (χ3n) is 4.66.